The van der Waals surface area contributed by atoms with Crippen LogP contribution in [0.1, 0.15) is 16.6 Å². The lowest BCUT2D eigenvalue weighted by molar-refractivity contribution is 0.0698. The second kappa shape index (κ2) is 6.63. The van der Waals surface area contributed by atoms with Crippen LogP contribution < -0.4 is 9.44 Å². The first kappa shape index (κ1) is 17.0. The Morgan fingerprint density at radius 1 is 1.30 bits per heavy atom. The Morgan fingerprint density at radius 3 is 2.50 bits per heavy atom. The van der Waals surface area contributed by atoms with E-state index in [0.29, 0.717) is 0 Å². The highest BCUT2D eigenvalue weighted by Gasteiger charge is 2.23. The van der Waals surface area contributed by atoms with Gasteiger partial charge in [-0.05, 0) is 11.4 Å². The number of rotatable bonds is 8. The summed E-state index contributed by atoms with van der Waals surface area (Å²) in [5.41, 5.74) is 0. The molecule has 1 heterocycles. The summed E-state index contributed by atoms with van der Waals surface area (Å²) >= 11 is 0.782. The van der Waals surface area contributed by atoms with Crippen molar-refractivity contribution in [3.63, 3.8) is 0 Å². The number of hydrogen-bond donors (Lipinski definition) is 3. The van der Waals surface area contributed by atoms with Crippen LogP contribution in [0.15, 0.2) is 16.3 Å². The summed E-state index contributed by atoms with van der Waals surface area (Å²) in [5.74, 6) is -1.77. The molecule has 0 aromatic carbocycles. The van der Waals surface area contributed by atoms with E-state index >= 15 is 0 Å². The molecule has 20 heavy (non-hydrogen) atoms. The Labute approximate surface area is 120 Å². The molecule has 8 nitrogen and oxygen atoms in total. The molecule has 0 saturated heterocycles. The van der Waals surface area contributed by atoms with Crippen LogP contribution in [0.4, 0.5) is 0 Å². The van der Waals surface area contributed by atoms with Crippen molar-refractivity contribution in [1.82, 2.24) is 9.44 Å². The first-order chi connectivity index (χ1) is 9.19. The van der Waals surface area contributed by atoms with E-state index in [2.05, 4.69) is 9.44 Å². The predicted octanol–water partition coefficient (Wildman–Crippen LogP) is -0.336. The minimum absolute atomic E-state index is 0.211. The normalized spacial score (nSPS) is 12.4. The maximum absolute atomic E-state index is 11.9. The highest BCUT2D eigenvalue weighted by molar-refractivity contribution is 7.90. The Kier molecular flexibility index (Phi) is 5.65. The summed E-state index contributed by atoms with van der Waals surface area (Å²) in [6.07, 6.45) is 0. The third-order valence-corrected chi connectivity index (χ3v) is 6.15. The van der Waals surface area contributed by atoms with Gasteiger partial charge in [0.15, 0.2) is 0 Å². The summed E-state index contributed by atoms with van der Waals surface area (Å²) < 4.78 is 50.7. The number of carbonyl (C=O) groups is 1. The first-order valence-electron chi connectivity index (χ1n) is 5.47. The van der Waals surface area contributed by atoms with Gasteiger partial charge in [0.1, 0.15) is 9.77 Å². The van der Waals surface area contributed by atoms with Crippen molar-refractivity contribution in [2.45, 2.75) is 11.8 Å². The highest BCUT2D eigenvalue weighted by Crippen LogP contribution is 2.21. The van der Waals surface area contributed by atoms with Crippen LogP contribution in [0.25, 0.3) is 0 Å². The van der Waals surface area contributed by atoms with Crippen molar-refractivity contribution in [2.24, 2.45) is 0 Å². The summed E-state index contributed by atoms with van der Waals surface area (Å²) in [6, 6.07) is 1.16. The highest BCUT2D eigenvalue weighted by atomic mass is 32.2. The number of carboxylic acid groups (broad SMARTS) is 1. The van der Waals surface area contributed by atoms with E-state index in [1.165, 1.54) is 5.38 Å². The van der Waals surface area contributed by atoms with Crippen molar-refractivity contribution < 1.29 is 26.7 Å². The van der Waals surface area contributed by atoms with Gasteiger partial charge in [-0.2, -0.15) is 0 Å². The number of thiophene rings is 1. The van der Waals surface area contributed by atoms with Gasteiger partial charge in [-0.3, -0.25) is 0 Å². The van der Waals surface area contributed by atoms with Crippen LogP contribution in [0.5, 0.6) is 0 Å². The van der Waals surface area contributed by atoms with Gasteiger partial charge in [-0.1, -0.05) is 6.92 Å². The van der Waals surface area contributed by atoms with E-state index in [4.69, 9.17) is 5.11 Å². The molecule has 3 N–H and O–H groups in total. The van der Waals surface area contributed by atoms with Crippen LogP contribution >= 0.6 is 11.3 Å². The third kappa shape index (κ3) is 4.52. The van der Waals surface area contributed by atoms with Crippen molar-refractivity contribution in [3.8, 4) is 0 Å². The lowest BCUT2D eigenvalue weighted by Gasteiger charge is -2.07. The van der Waals surface area contributed by atoms with Crippen molar-refractivity contribution >= 4 is 37.4 Å². The van der Waals surface area contributed by atoms with Crippen molar-refractivity contribution in [2.75, 3.05) is 18.8 Å². The number of sulfonamides is 2. The molecule has 11 heteroatoms. The molecule has 0 bridgehead atoms. The Hall–Kier alpha value is -1.01. The molecule has 0 atom stereocenters. The molecule has 0 aliphatic carbocycles. The number of hydrogen-bond acceptors (Lipinski definition) is 6. The molecule has 0 radical (unpaired) electrons. The van der Waals surface area contributed by atoms with Crippen molar-refractivity contribution in [1.29, 1.82) is 0 Å². The lowest BCUT2D eigenvalue weighted by atomic mass is 10.5. The molecule has 114 valence electrons. The summed E-state index contributed by atoms with van der Waals surface area (Å²) in [7, 11) is -7.58. The minimum atomic E-state index is -4.04. The van der Waals surface area contributed by atoms with E-state index < -0.39 is 31.8 Å². The summed E-state index contributed by atoms with van der Waals surface area (Å²) in [5, 5.41) is 10.2. The third-order valence-electron chi connectivity index (χ3n) is 2.14. The van der Waals surface area contributed by atoms with E-state index in [1.807, 2.05) is 0 Å². The van der Waals surface area contributed by atoms with Crippen LogP contribution in [0, 0.1) is 0 Å². The Morgan fingerprint density at radius 2 is 1.95 bits per heavy atom. The molecule has 0 amide bonds. The molecule has 1 aromatic rings. The van der Waals surface area contributed by atoms with Gasteiger partial charge in [-0.25, -0.2) is 31.1 Å². The average molecular weight is 342 g/mol. The molecule has 0 aliphatic rings. The van der Waals surface area contributed by atoms with Crippen LogP contribution in [-0.2, 0) is 20.0 Å². The largest absolute Gasteiger partial charge is 0.477 e. The van der Waals surface area contributed by atoms with Gasteiger partial charge < -0.3 is 5.11 Å². The molecule has 0 aliphatic heterocycles. The van der Waals surface area contributed by atoms with E-state index in [-0.39, 0.29) is 22.9 Å². The van der Waals surface area contributed by atoms with Gasteiger partial charge in [-0.15, -0.1) is 11.3 Å². The fourth-order valence-corrected chi connectivity index (χ4v) is 4.72. The topological polar surface area (TPSA) is 130 Å². The molecule has 1 rings (SSSR count). The van der Waals surface area contributed by atoms with E-state index in [9.17, 15) is 21.6 Å². The molecule has 0 fully saturated rings. The van der Waals surface area contributed by atoms with Gasteiger partial charge in [0, 0.05) is 13.1 Å². The van der Waals surface area contributed by atoms with Gasteiger partial charge in [0.25, 0.3) is 0 Å². The van der Waals surface area contributed by atoms with Gasteiger partial charge in [0.2, 0.25) is 20.0 Å². The number of carboxylic acids is 1. The van der Waals surface area contributed by atoms with Crippen molar-refractivity contribution in [3.05, 3.63) is 16.3 Å². The molecule has 0 saturated carbocycles. The first-order valence-corrected chi connectivity index (χ1v) is 9.49. The van der Waals surface area contributed by atoms with Crippen LogP contribution in [0.3, 0.4) is 0 Å². The van der Waals surface area contributed by atoms with Crippen LogP contribution in [0.2, 0.25) is 0 Å². The molecule has 1 aromatic heterocycles. The summed E-state index contributed by atoms with van der Waals surface area (Å²) in [4.78, 5) is 10.2. The zero-order chi connectivity index (χ0) is 15.4. The molecular formula is C9H14N2O6S3. The minimum Gasteiger partial charge on any atom is -0.477 e. The zero-order valence-electron chi connectivity index (χ0n) is 10.5. The number of aromatic carboxylic acids is 1. The Balaban J connectivity index is 2.77. The van der Waals surface area contributed by atoms with Crippen LogP contribution in [-0.4, -0.2) is 46.8 Å². The van der Waals surface area contributed by atoms with E-state index in [0.717, 1.165) is 17.4 Å². The smallest absolute Gasteiger partial charge is 0.347 e. The summed E-state index contributed by atoms with van der Waals surface area (Å²) in [6.45, 7) is 1.47. The second-order valence-corrected chi connectivity index (χ2v) is 8.21. The fraction of sp³-hybridized carbons (Fsp3) is 0.444. The number of nitrogens with one attached hydrogen (secondary N) is 2. The van der Waals surface area contributed by atoms with Gasteiger partial charge in [0.05, 0.1) is 5.75 Å². The maximum atomic E-state index is 11.9. The van der Waals surface area contributed by atoms with E-state index in [1.54, 1.807) is 6.92 Å². The second-order valence-electron chi connectivity index (χ2n) is 3.63. The monoisotopic (exact) mass is 342 g/mol. The molecule has 0 spiro atoms. The maximum Gasteiger partial charge on any atom is 0.347 e. The lowest BCUT2D eigenvalue weighted by Crippen LogP contribution is -2.34. The molecular weight excluding hydrogens is 328 g/mol. The predicted molar refractivity (Wildman–Crippen MR) is 73.9 cm³/mol. The standard InChI is InChI=1S/C9H14N2O6S3/c1-2-10-19(14,15)6-4-11-20(16,17)7-3-5-18-8(7)9(12)13/h3,5,10-11H,2,4,6H2,1H3,(H,12,13). The van der Waals surface area contributed by atoms with Gasteiger partial charge >= 0.3 is 5.97 Å². The SMILES string of the molecule is CCNS(=O)(=O)CCNS(=O)(=O)c1ccsc1C(=O)O. The zero-order valence-corrected chi connectivity index (χ0v) is 12.9. The quantitative estimate of drug-likeness (QED) is 0.593. The Bertz CT molecular complexity index is 676. The average Bonchev–Trinajstić information content (AvgIpc) is 2.77. The fourth-order valence-electron chi connectivity index (χ4n) is 1.35. The molecule has 0 unspecified atom stereocenters.